The molecule has 0 N–H and O–H groups in total. The Balaban J connectivity index is 1.90. The number of alkyl halides is 1. The minimum Gasteiger partial charge on any atom is -0.325 e. The highest BCUT2D eigenvalue weighted by Crippen LogP contribution is 2.16. The second kappa shape index (κ2) is 5.01. The van der Waals surface area contributed by atoms with E-state index >= 15 is 0 Å². The van der Waals surface area contributed by atoms with Gasteiger partial charge in [-0.1, -0.05) is 0 Å². The second-order valence-corrected chi connectivity index (χ2v) is 4.73. The van der Waals surface area contributed by atoms with Crippen LogP contribution in [-0.2, 0) is 19.0 Å². The second-order valence-electron chi connectivity index (χ2n) is 4.46. The number of halogens is 1. The largest absolute Gasteiger partial charge is 0.325 e. The molecule has 0 atom stereocenters. The summed E-state index contributed by atoms with van der Waals surface area (Å²) in [5.74, 6) is 1.26. The van der Waals surface area contributed by atoms with Gasteiger partial charge >= 0.3 is 0 Å². The molecule has 5 nitrogen and oxygen atoms in total. The van der Waals surface area contributed by atoms with Crippen molar-refractivity contribution in [2.24, 2.45) is 0 Å². The zero-order valence-corrected chi connectivity index (χ0v) is 11.4. The van der Waals surface area contributed by atoms with E-state index in [4.69, 9.17) is 11.6 Å². The van der Waals surface area contributed by atoms with Gasteiger partial charge in [0.05, 0.1) is 30.3 Å². The van der Waals surface area contributed by atoms with Gasteiger partial charge in [-0.3, -0.25) is 9.67 Å². The van der Waals surface area contributed by atoms with Crippen LogP contribution in [0.5, 0.6) is 0 Å². The topological polar surface area (TPSA) is 48.5 Å². The van der Waals surface area contributed by atoms with Gasteiger partial charge in [-0.15, -0.1) is 11.6 Å². The summed E-state index contributed by atoms with van der Waals surface area (Å²) in [4.78, 5) is 8.57. The van der Waals surface area contributed by atoms with Crippen molar-refractivity contribution in [3.8, 4) is 0 Å². The molecule has 0 saturated heterocycles. The Morgan fingerprint density at radius 1 is 1.26 bits per heavy atom. The van der Waals surface area contributed by atoms with Gasteiger partial charge in [-0.2, -0.15) is 5.10 Å². The summed E-state index contributed by atoms with van der Waals surface area (Å²) in [6.07, 6.45) is 7.43. The van der Waals surface area contributed by atoms with Gasteiger partial charge in [0.25, 0.3) is 0 Å². The zero-order chi connectivity index (χ0) is 13.2. The molecule has 0 radical (unpaired) electrons. The molecule has 0 aliphatic carbocycles. The average molecular weight is 276 g/mol. The van der Waals surface area contributed by atoms with Gasteiger partial charge in [0.15, 0.2) is 0 Å². The summed E-state index contributed by atoms with van der Waals surface area (Å²) < 4.78 is 4.06. The first-order valence-electron chi connectivity index (χ1n) is 6.12. The molecule has 6 heteroatoms. The van der Waals surface area contributed by atoms with E-state index in [9.17, 15) is 0 Å². The highest BCUT2D eigenvalue weighted by atomic mass is 35.5. The Morgan fingerprint density at radius 3 is 2.89 bits per heavy atom. The number of aromatic nitrogens is 5. The number of rotatable bonds is 4. The third-order valence-electron chi connectivity index (χ3n) is 3.06. The Bertz CT molecular complexity index is 700. The summed E-state index contributed by atoms with van der Waals surface area (Å²) in [7, 11) is 0. The Kier molecular flexibility index (Phi) is 3.21. The molecule has 0 spiro atoms. The summed E-state index contributed by atoms with van der Waals surface area (Å²) >= 11 is 5.96. The lowest BCUT2D eigenvalue weighted by atomic mass is 10.4. The summed E-state index contributed by atoms with van der Waals surface area (Å²) in [6.45, 7) is 3.63. The molecule has 98 valence electrons. The van der Waals surface area contributed by atoms with Gasteiger partial charge < -0.3 is 4.57 Å². The van der Waals surface area contributed by atoms with Crippen molar-refractivity contribution in [2.75, 3.05) is 0 Å². The van der Waals surface area contributed by atoms with Gasteiger partial charge in [0.2, 0.25) is 0 Å². The average Bonchev–Trinajstić information content (AvgIpc) is 2.99. The highest BCUT2D eigenvalue weighted by molar-refractivity contribution is 6.16. The lowest BCUT2D eigenvalue weighted by molar-refractivity contribution is 0.532. The third-order valence-corrected chi connectivity index (χ3v) is 3.30. The molecule has 0 aromatic carbocycles. The molecule has 0 fully saturated rings. The quantitative estimate of drug-likeness (QED) is 0.687. The van der Waals surface area contributed by atoms with E-state index in [1.165, 1.54) is 0 Å². The Hall–Kier alpha value is -1.88. The van der Waals surface area contributed by atoms with Crippen molar-refractivity contribution in [2.45, 2.75) is 25.9 Å². The lowest BCUT2D eigenvalue weighted by Crippen LogP contribution is -2.10. The fourth-order valence-electron chi connectivity index (χ4n) is 2.17. The molecule has 3 rings (SSSR count). The Morgan fingerprint density at radius 2 is 2.16 bits per heavy atom. The predicted molar refractivity (Wildman–Crippen MR) is 74.0 cm³/mol. The van der Waals surface area contributed by atoms with Crippen molar-refractivity contribution < 1.29 is 0 Å². The van der Waals surface area contributed by atoms with Gasteiger partial charge in [0.1, 0.15) is 11.3 Å². The fourth-order valence-corrected chi connectivity index (χ4v) is 2.38. The van der Waals surface area contributed by atoms with Crippen LogP contribution in [-0.4, -0.2) is 24.3 Å². The van der Waals surface area contributed by atoms with Gasteiger partial charge in [-0.25, -0.2) is 4.98 Å². The summed E-state index contributed by atoms with van der Waals surface area (Å²) in [6, 6.07) is 1.97. The molecule has 3 aromatic heterocycles. The first-order chi connectivity index (χ1) is 9.28. The fraction of sp³-hybridized carbons (Fsp3) is 0.308. The third kappa shape index (κ3) is 2.33. The predicted octanol–water partition coefficient (Wildman–Crippen LogP) is 2.38. The maximum absolute atomic E-state index is 5.96. The normalized spacial score (nSPS) is 11.3. The van der Waals surface area contributed by atoms with Crippen LogP contribution in [0, 0.1) is 6.92 Å². The zero-order valence-electron chi connectivity index (χ0n) is 10.6. The minimum atomic E-state index is 0.396. The van der Waals surface area contributed by atoms with Crippen LogP contribution in [0.25, 0.3) is 11.0 Å². The van der Waals surface area contributed by atoms with Crippen LogP contribution in [0.15, 0.2) is 30.9 Å². The summed E-state index contributed by atoms with van der Waals surface area (Å²) in [5, 5.41) is 4.29. The smallest absolute Gasteiger partial charge is 0.124 e. The maximum atomic E-state index is 5.96. The molecule has 0 aliphatic heterocycles. The van der Waals surface area contributed by atoms with Crippen molar-refractivity contribution in [1.82, 2.24) is 24.3 Å². The lowest BCUT2D eigenvalue weighted by Gasteiger charge is -2.07. The number of nitrogens with zero attached hydrogens (tertiary/aromatic N) is 5. The molecule has 3 heterocycles. The van der Waals surface area contributed by atoms with E-state index in [1.54, 1.807) is 12.4 Å². The molecule has 0 unspecified atom stereocenters. The van der Waals surface area contributed by atoms with Crippen molar-refractivity contribution in [1.29, 1.82) is 0 Å². The molecule has 0 amide bonds. The van der Waals surface area contributed by atoms with Crippen LogP contribution in [0.4, 0.5) is 0 Å². The number of hydrogen-bond donors (Lipinski definition) is 0. The number of hydrogen-bond acceptors (Lipinski definition) is 3. The standard InChI is InChI=1S/C13H14ClN5/c1-10-7-16-18(9-10)4-5-19-12-2-3-15-8-11(12)17-13(19)6-14/h2-3,7-9H,4-6H2,1H3. The molecule has 3 aromatic rings. The molecule has 0 aliphatic rings. The Labute approximate surface area is 115 Å². The van der Waals surface area contributed by atoms with Crippen LogP contribution < -0.4 is 0 Å². The first kappa shape index (κ1) is 12.2. The molecular formula is C13H14ClN5. The monoisotopic (exact) mass is 275 g/mol. The van der Waals surface area contributed by atoms with E-state index in [2.05, 4.69) is 19.6 Å². The van der Waals surface area contributed by atoms with Crippen molar-refractivity contribution >= 4 is 22.6 Å². The van der Waals surface area contributed by atoms with Crippen LogP contribution >= 0.6 is 11.6 Å². The number of imidazole rings is 1. The van der Waals surface area contributed by atoms with Crippen LogP contribution in [0.1, 0.15) is 11.4 Å². The SMILES string of the molecule is Cc1cnn(CCn2c(CCl)nc3cnccc32)c1. The van der Waals surface area contributed by atoms with Crippen molar-refractivity contribution in [3.63, 3.8) is 0 Å². The number of aryl methyl sites for hydroxylation is 3. The molecule has 0 saturated carbocycles. The molecule has 0 bridgehead atoms. The number of fused-ring (bicyclic) bond motifs is 1. The van der Waals surface area contributed by atoms with E-state index in [1.807, 2.05) is 30.1 Å². The van der Waals surface area contributed by atoms with E-state index < -0.39 is 0 Å². The first-order valence-corrected chi connectivity index (χ1v) is 6.65. The van der Waals surface area contributed by atoms with E-state index in [0.717, 1.165) is 35.5 Å². The molecular weight excluding hydrogens is 262 g/mol. The van der Waals surface area contributed by atoms with E-state index in [0.29, 0.717) is 5.88 Å². The van der Waals surface area contributed by atoms with Crippen LogP contribution in [0.2, 0.25) is 0 Å². The van der Waals surface area contributed by atoms with Crippen LogP contribution in [0.3, 0.4) is 0 Å². The van der Waals surface area contributed by atoms with Gasteiger partial charge in [0, 0.05) is 18.9 Å². The number of pyridine rings is 1. The molecule has 19 heavy (non-hydrogen) atoms. The van der Waals surface area contributed by atoms with Crippen molar-refractivity contribution in [3.05, 3.63) is 42.2 Å². The maximum Gasteiger partial charge on any atom is 0.124 e. The highest BCUT2D eigenvalue weighted by Gasteiger charge is 2.09. The van der Waals surface area contributed by atoms with Gasteiger partial charge in [-0.05, 0) is 18.6 Å². The summed E-state index contributed by atoms with van der Waals surface area (Å²) in [5.41, 5.74) is 3.11. The van der Waals surface area contributed by atoms with E-state index in [-0.39, 0.29) is 0 Å². The minimum absolute atomic E-state index is 0.396.